The first-order valence-electron chi connectivity index (χ1n) is 6.37. The zero-order valence-electron chi connectivity index (χ0n) is 10.2. The first-order chi connectivity index (χ1) is 7.83. The lowest BCUT2D eigenvalue weighted by atomic mass is 9.85. The lowest BCUT2D eigenvalue weighted by Crippen LogP contribution is -2.32. The molecule has 2 heteroatoms. The predicted molar refractivity (Wildman–Crippen MR) is 69.6 cm³/mol. The lowest BCUT2D eigenvalue weighted by Gasteiger charge is -2.33. The first kappa shape index (κ1) is 11.5. The fourth-order valence-electron chi connectivity index (χ4n) is 2.25. The van der Waals surface area contributed by atoms with Gasteiger partial charge in [0.15, 0.2) is 0 Å². The van der Waals surface area contributed by atoms with Crippen LogP contribution in [0, 0.1) is 5.92 Å². The Kier molecular flexibility index (Phi) is 3.83. The number of hydrogen-bond acceptors (Lipinski definition) is 2. The van der Waals surface area contributed by atoms with E-state index in [1.54, 1.807) is 0 Å². The summed E-state index contributed by atoms with van der Waals surface area (Å²) in [5.74, 6) is 0.925. The van der Waals surface area contributed by atoms with Crippen molar-refractivity contribution in [2.45, 2.75) is 32.7 Å². The van der Waals surface area contributed by atoms with Crippen molar-refractivity contribution < 1.29 is 0 Å². The van der Waals surface area contributed by atoms with Gasteiger partial charge in [-0.15, -0.1) is 0 Å². The summed E-state index contributed by atoms with van der Waals surface area (Å²) in [6.07, 6.45) is 4.25. The molecule has 0 saturated heterocycles. The topological polar surface area (TPSA) is 29.3 Å². The number of nitrogens with zero attached hydrogens (tertiary/aromatic N) is 1. The number of anilines is 1. The van der Waals surface area contributed by atoms with Gasteiger partial charge in [0, 0.05) is 25.3 Å². The van der Waals surface area contributed by atoms with Gasteiger partial charge in [-0.1, -0.05) is 18.6 Å². The standard InChI is InChI=1S/C14H22N2/c1-2-16(11-13-4-3-5-13)14-8-6-12(10-15)7-9-14/h6-9,13H,2-5,10-11,15H2,1H3. The third-order valence-corrected chi connectivity index (χ3v) is 3.62. The molecule has 1 aliphatic rings. The van der Waals surface area contributed by atoms with Crippen molar-refractivity contribution >= 4 is 5.69 Å². The number of rotatable bonds is 5. The number of hydrogen-bond donors (Lipinski definition) is 1. The van der Waals surface area contributed by atoms with Gasteiger partial charge in [-0.25, -0.2) is 0 Å². The van der Waals surface area contributed by atoms with Gasteiger partial charge in [-0.05, 0) is 43.4 Å². The molecular weight excluding hydrogens is 196 g/mol. The Labute approximate surface area is 98.4 Å². The van der Waals surface area contributed by atoms with E-state index in [9.17, 15) is 0 Å². The second-order valence-corrected chi connectivity index (χ2v) is 4.71. The Hall–Kier alpha value is -1.02. The Morgan fingerprint density at radius 1 is 1.25 bits per heavy atom. The average molecular weight is 218 g/mol. The van der Waals surface area contributed by atoms with E-state index < -0.39 is 0 Å². The van der Waals surface area contributed by atoms with Crippen LogP contribution in [0.25, 0.3) is 0 Å². The van der Waals surface area contributed by atoms with E-state index in [0.717, 1.165) is 12.5 Å². The zero-order chi connectivity index (χ0) is 11.4. The van der Waals surface area contributed by atoms with Crippen LogP contribution in [-0.2, 0) is 6.54 Å². The monoisotopic (exact) mass is 218 g/mol. The first-order valence-corrected chi connectivity index (χ1v) is 6.37. The normalized spacial score (nSPS) is 15.9. The maximum Gasteiger partial charge on any atom is 0.0366 e. The van der Waals surface area contributed by atoms with E-state index in [1.165, 1.54) is 37.1 Å². The molecule has 1 aromatic carbocycles. The quantitative estimate of drug-likeness (QED) is 0.823. The summed E-state index contributed by atoms with van der Waals surface area (Å²) < 4.78 is 0. The van der Waals surface area contributed by atoms with Crippen LogP contribution in [-0.4, -0.2) is 13.1 Å². The van der Waals surface area contributed by atoms with Crippen molar-refractivity contribution in [1.29, 1.82) is 0 Å². The van der Waals surface area contributed by atoms with Gasteiger partial charge in [0.25, 0.3) is 0 Å². The highest BCUT2D eigenvalue weighted by atomic mass is 15.1. The molecule has 88 valence electrons. The van der Waals surface area contributed by atoms with Gasteiger partial charge >= 0.3 is 0 Å². The molecule has 0 bridgehead atoms. The highest BCUT2D eigenvalue weighted by Gasteiger charge is 2.20. The third kappa shape index (κ3) is 2.56. The van der Waals surface area contributed by atoms with Crippen LogP contribution in [0.4, 0.5) is 5.69 Å². The van der Waals surface area contributed by atoms with Gasteiger partial charge in [0.2, 0.25) is 0 Å². The molecule has 0 spiro atoms. The third-order valence-electron chi connectivity index (χ3n) is 3.62. The second kappa shape index (κ2) is 5.35. The second-order valence-electron chi connectivity index (χ2n) is 4.71. The van der Waals surface area contributed by atoms with E-state index in [2.05, 4.69) is 36.1 Å². The van der Waals surface area contributed by atoms with Crippen molar-refractivity contribution in [2.75, 3.05) is 18.0 Å². The molecule has 0 aliphatic heterocycles. The van der Waals surface area contributed by atoms with Crippen molar-refractivity contribution in [1.82, 2.24) is 0 Å². The SMILES string of the molecule is CCN(CC1CCC1)c1ccc(CN)cc1. The van der Waals surface area contributed by atoms with E-state index >= 15 is 0 Å². The molecule has 0 atom stereocenters. The summed E-state index contributed by atoms with van der Waals surface area (Å²) in [5, 5.41) is 0. The van der Waals surface area contributed by atoms with Gasteiger partial charge in [0.1, 0.15) is 0 Å². The summed E-state index contributed by atoms with van der Waals surface area (Å²) >= 11 is 0. The molecule has 16 heavy (non-hydrogen) atoms. The van der Waals surface area contributed by atoms with Gasteiger partial charge in [0.05, 0.1) is 0 Å². The molecule has 0 heterocycles. The fourth-order valence-corrected chi connectivity index (χ4v) is 2.25. The van der Waals surface area contributed by atoms with Crippen molar-refractivity contribution in [3.8, 4) is 0 Å². The predicted octanol–water partition coefficient (Wildman–Crippen LogP) is 2.77. The molecule has 0 amide bonds. The Bertz CT molecular complexity index is 314. The van der Waals surface area contributed by atoms with Crippen LogP contribution >= 0.6 is 0 Å². The summed E-state index contributed by atoms with van der Waals surface area (Å²) in [4.78, 5) is 2.48. The van der Waals surface area contributed by atoms with E-state index in [4.69, 9.17) is 5.73 Å². The molecule has 0 radical (unpaired) electrons. The largest absolute Gasteiger partial charge is 0.372 e. The maximum atomic E-state index is 5.61. The van der Waals surface area contributed by atoms with E-state index in [-0.39, 0.29) is 0 Å². The summed E-state index contributed by atoms with van der Waals surface area (Å²) in [6, 6.07) is 8.67. The lowest BCUT2D eigenvalue weighted by molar-refractivity contribution is 0.318. The van der Waals surface area contributed by atoms with Crippen LogP contribution in [0.5, 0.6) is 0 Å². The highest BCUT2D eigenvalue weighted by Crippen LogP contribution is 2.28. The van der Waals surface area contributed by atoms with Crippen molar-refractivity contribution in [3.63, 3.8) is 0 Å². The molecule has 1 aliphatic carbocycles. The Balaban J connectivity index is 2.00. The van der Waals surface area contributed by atoms with Crippen molar-refractivity contribution in [2.24, 2.45) is 11.7 Å². The molecule has 1 saturated carbocycles. The van der Waals surface area contributed by atoms with Crippen LogP contribution < -0.4 is 10.6 Å². The minimum atomic E-state index is 0.634. The Morgan fingerprint density at radius 2 is 1.94 bits per heavy atom. The zero-order valence-corrected chi connectivity index (χ0v) is 10.2. The minimum absolute atomic E-state index is 0.634. The van der Waals surface area contributed by atoms with Crippen LogP contribution in [0.1, 0.15) is 31.7 Å². The number of benzene rings is 1. The van der Waals surface area contributed by atoms with Crippen LogP contribution in [0.3, 0.4) is 0 Å². The van der Waals surface area contributed by atoms with Gasteiger partial charge in [-0.3, -0.25) is 0 Å². The molecule has 0 aromatic heterocycles. The fraction of sp³-hybridized carbons (Fsp3) is 0.571. The Morgan fingerprint density at radius 3 is 2.38 bits per heavy atom. The maximum absolute atomic E-state index is 5.61. The molecule has 2 nitrogen and oxygen atoms in total. The molecule has 1 aromatic rings. The van der Waals surface area contributed by atoms with Crippen molar-refractivity contribution in [3.05, 3.63) is 29.8 Å². The van der Waals surface area contributed by atoms with Crippen LogP contribution in [0.15, 0.2) is 24.3 Å². The highest BCUT2D eigenvalue weighted by molar-refractivity contribution is 5.47. The van der Waals surface area contributed by atoms with E-state index in [0.29, 0.717) is 6.54 Å². The van der Waals surface area contributed by atoms with Gasteiger partial charge < -0.3 is 10.6 Å². The molecule has 2 N–H and O–H groups in total. The summed E-state index contributed by atoms with van der Waals surface area (Å²) in [6.45, 7) is 5.18. The molecule has 2 rings (SSSR count). The van der Waals surface area contributed by atoms with Crippen LogP contribution in [0.2, 0.25) is 0 Å². The number of nitrogens with two attached hydrogens (primary N) is 1. The smallest absolute Gasteiger partial charge is 0.0366 e. The molecule has 1 fully saturated rings. The summed E-state index contributed by atoms with van der Waals surface area (Å²) in [5.41, 5.74) is 8.16. The average Bonchev–Trinajstić information content (AvgIpc) is 2.28. The van der Waals surface area contributed by atoms with E-state index in [1.807, 2.05) is 0 Å². The summed E-state index contributed by atoms with van der Waals surface area (Å²) in [7, 11) is 0. The molecular formula is C14H22N2. The minimum Gasteiger partial charge on any atom is -0.372 e. The van der Waals surface area contributed by atoms with Gasteiger partial charge in [-0.2, -0.15) is 0 Å². The molecule has 0 unspecified atom stereocenters.